The van der Waals surface area contributed by atoms with Gasteiger partial charge in [-0.25, -0.2) is 0 Å². The molecule has 18 heavy (non-hydrogen) atoms. The maximum atomic E-state index is 5.30. The maximum absolute atomic E-state index is 5.30. The molecule has 0 aliphatic rings. The molecule has 0 saturated heterocycles. The molecule has 86 valence electrons. The van der Waals surface area contributed by atoms with Crippen LogP contribution in [0, 0.1) is 24.2 Å². The summed E-state index contributed by atoms with van der Waals surface area (Å²) in [5.41, 5.74) is 2.67. The summed E-state index contributed by atoms with van der Waals surface area (Å²) in [6.45, 7) is 0. The summed E-state index contributed by atoms with van der Waals surface area (Å²) >= 11 is 0. The van der Waals surface area contributed by atoms with Crippen LogP contribution in [0.5, 0.6) is 5.75 Å². The Kier molecular flexibility index (Phi) is 3.69. The van der Waals surface area contributed by atoms with Crippen molar-refractivity contribution in [3.05, 3.63) is 65.2 Å². The lowest BCUT2D eigenvalue weighted by molar-refractivity contribution is 0.413. The largest absolute Gasteiger partial charge is 0.495 e. The van der Waals surface area contributed by atoms with Crippen LogP contribution in [0.3, 0.4) is 0 Å². The van der Waals surface area contributed by atoms with E-state index in [0.717, 1.165) is 22.4 Å². The molecule has 0 spiro atoms. The molecular formula is C17H12O. The van der Waals surface area contributed by atoms with Crippen molar-refractivity contribution in [2.24, 2.45) is 0 Å². The zero-order valence-electron chi connectivity index (χ0n) is 10.1. The summed E-state index contributed by atoms with van der Waals surface area (Å²) < 4.78 is 5.24. The fourth-order valence-corrected chi connectivity index (χ4v) is 1.54. The molecule has 0 aliphatic heterocycles. The highest BCUT2D eigenvalue weighted by Gasteiger charge is 1.96. The molecule has 0 unspecified atom stereocenters. The molecule has 2 rings (SSSR count). The van der Waals surface area contributed by atoms with Gasteiger partial charge in [-0.05, 0) is 36.4 Å². The third-order valence-corrected chi connectivity index (χ3v) is 2.50. The van der Waals surface area contributed by atoms with E-state index in [1.165, 1.54) is 0 Å². The Hall–Kier alpha value is -2.64. The van der Waals surface area contributed by atoms with Crippen LogP contribution < -0.4 is 4.74 Å². The number of para-hydroxylation sites is 1. The Morgan fingerprint density at radius 3 is 2.22 bits per heavy atom. The summed E-state index contributed by atoms with van der Waals surface area (Å²) in [7, 11) is 1.64. The van der Waals surface area contributed by atoms with E-state index < -0.39 is 0 Å². The van der Waals surface area contributed by atoms with Crippen molar-refractivity contribution in [1.82, 2.24) is 0 Å². The summed E-state index contributed by atoms with van der Waals surface area (Å²) in [5, 5.41) is 0. The van der Waals surface area contributed by atoms with Crippen LogP contribution in [0.2, 0.25) is 0 Å². The molecule has 0 radical (unpaired) electrons. The molecule has 1 heteroatoms. The second-order valence-electron chi connectivity index (χ2n) is 3.67. The summed E-state index contributed by atoms with van der Waals surface area (Å²) in [6, 6.07) is 15.3. The second kappa shape index (κ2) is 5.62. The predicted molar refractivity (Wildman–Crippen MR) is 73.4 cm³/mol. The summed E-state index contributed by atoms with van der Waals surface area (Å²) in [6.07, 6.45) is 5.30. The van der Waals surface area contributed by atoms with Crippen LogP contribution in [-0.4, -0.2) is 7.11 Å². The lowest BCUT2D eigenvalue weighted by Gasteiger charge is -2.00. The van der Waals surface area contributed by atoms with Crippen LogP contribution in [0.4, 0.5) is 0 Å². The van der Waals surface area contributed by atoms with E-state index in [1.807, 2.05) is 48.5 Å². The highest BCUT2D eigenvalue weighted by atomic mass is 16.5. The Morgan fingerprint density at radius 1 is 0.889 bits per heavy atom. The normalized spacial score (nSPS) is 8.89. The van der Waals surface area contributed by atoms with Crippen LogP contribution in [0.25, 0.3) is 0 Å². The average molecular weight is 232 g/mol. The van der Waals surface area contributed by atoms with Crippen molar-refractivity contribution in [3.63, 3.8) is 0 Å². The van der Waals surface area contributed by atoms with Gasteiger partial charge >= 0.3 is 0 Å². The van der Waals surface area contributed by atoms with Crippen molar-refractivity contribution in [1.29, 1.82) is 0 Å². The molecule has 2 aromatic rings. The minimum absolute atomic E-state index is 0.783. The first-order valence-electron chi connectivity index (χ1n) is 5.55. The number of rotatable bonds is 1. The molecule has 0 bridgehead atoms. The third kappa shape index (κ3) is 2.73. The highest BCUT2D eigenvalue weighted by Crippen LogP contribution is 2.15. The monoisotopic (exact) mass is 232 g/mol. The summed E-state index contributed by atoms with van der Waals surface area (Å²) in [4.78, 5) is 0. The molecule has 0 fully saturated rings. The van der Waals surface area contributed by atoms with Gasteiger partial charge in [-0.2, -0.15) is 0 Å². The Morgan fingerprint density at radius 2 is 1.56 bits per heavy atom. The fourth-order valence-electron chi connectivity index (χ4n) is 1.54. The molecule has 2 aromatic carbocycles. The molecule has 0 N–H and O–H groups in total. The van der Waals surface area contributed by atoms with E-state index in [1.54, 1.807) is 7.11 Å². The first-order chi connectivity index (χ1) is 8.83. The summed E-state index contributed by atoms with van der Waals surface area (Å²) in [5.74, 6) is 9.54. The first kappa shape index (κ1) is 11.8. The quantitative estimate of drug-likeness (QED) is 0.687. The van der Waals surface area contributed by atoms with Gasteiger partial charge in [0.2, 0.25) is 0 Å². The van der Waals surface area contributed by atoms with Gasteiger partial charge in [0, 0.05) is 11.1 Å². The van der Waals surface area contributed by atoms with E-state index >= 15 is 0 Å². The van der Waals surface area contributed by atoms with Crippen molar-refractivity contribution < 1.29 is 4.74 Å². The molecule has 0 amide bonds. The van der Waals surface area contributed by atoms with Crippen LogP contribution in [-0.2, 0) is 0 Å². The van der Waals surface area contributed by atoms with E-state index in [0.29, 0.717) is 0 Å². The molecule has 0 aliphatic carbocycles. The van der Waals surface area contributed by atoms with Crippen LogP contribution in [0.1, 0.15) is 16.7 Å². The van der Waals surface area contributed by atoms with E-state index in [-0.39, 0.29) is 0 Å². The predicted octanol–water partition coefficient (Wildman–Crippen LogP) is 3.08. The van der Waals surface area contributed by atoms with Gasteiger partial charge in [0.25, 0.3) is 0 Å². The number of terminal acetylenes is 1. The SMILES string of the molecule is C#Cc1ccc(C#Cc2ccccc2OC)cc1. The Labute approximate surface area is 107 Å². The highest BCUT2D eigenvalue weighted by molar-refractivity contribution is 5.50. The van der Waals surface area contributed by atoms with Crippen molar-refractivity contribution >= 4 is 0 Å². The lowest BCUT2D eigenvalue weighted by Crippen LogP contribution is -1.86. The van der Waals surface area contributed by atoms with Gasteiger partial charge < -0.3 is 4.74 Å². The first-order valence-corrected chi connectivity index (χ1v) is 5.55. The van der Waals surface area contributed by atoms with Crippen molar-refractivity contribution in [2.75, 3.05) is 7.11 Å². The van der Waals surface area contributed by atoms with Crippen molar-refractivity contribution in [2.45, 2.75) is 0 Å². The van der Waals surface area contributed by atoms with E-state index in [2.05, 4.69) is 17.8 Å². The Bertz CT molecular complexity index is 634. The van der Waals surface area contributed by atoms with Gasteiger partial charge in [0.1, 0.15) is 5.75 Å². The number of methoxy groups -OCH3 is 1. The number of ether oxygens (including phenoxy) is 1. The van der Waals surface area contributed by atoms with Gasteiger partial charge in [-0.15, -0.1) is 6.42 Å². The minimum atomic E-state index is 0.783. The number of hydrogen-bond acceptors (Lipinski definition) is 1. The Balaban J connectivity index is 2.28. The zero-order chi connectivity index (χ0) is 12.8. The molecule has 0 atom stereocenters. The van der Waals surface area contributed by atoms with Gasteiger partial charge in [-0.1, -0.05) is 29.9 Å². The van der Waals surface area contributed by atoms with Crippen molar-refractivity contribution in [3.8, 4) is 29.9 Å². The smallest absolute Gasteiger partial charge is 0.134 e. The second-order valence-corrected chi connectivity index (χ2v) is 3.67. The standard InChI is InChI=1S/C17H12O/c1-3-14-8-10-15(11-9-14)12-13-16-6-4-5-7-17(16)18-2/h1,4-11H,2H3. The minimum Gasteiger partial charge on any atom is -0.495 e. The molecule has 1 nitrogen and oxygen atoms in total. The maximum Gasteiger partial charge on any atom is 0.134 e. The van der Waals surface area contributed by atoms with E-state index in [9.17, 15) is 0 Å². The molecular weight excluding hydrogens is 220 g/mol. The number of benzene rings is 2. The number of hydrogen-bond donors (Lipinski definition) is 0. The lowest BCUT2D eigenvalue weighted by atomic mass is 10.1. The molecule has 0 saturated carbocycles. The van der Waals surface area contributed by atoms with Gasteiger partial charge in [0.05, 0.1) is 12.7 Å². The van der Waals surface area contributed by atoms with Gasteiger partial charge in [-0.3, -0.25) is 0 Å². The van der Waals surface area contributed by atoms with Gasteiger partial charge in [0.15, 0.2) is 0 Å². The fraction of sp³-hybridized carbons (Fsp3) is 0.0588. The zero-order valence-corrected chi connectivity index (χ0v) is 10.1. The van der Waals surface area contributed by atoms with E-state index in [4.69, 9.17) is 11.2 Å². The van der Waals surface area contributed by atoms with Crippen LogP contribution >= 0.6 is 0 Å². The third-order valence-electron chi connectivity index (χ3n) is 2.50. The molecule has 0 heterocycles. The van der Waals surface area contributed by atoms with Crippen LogP contribution in [0.15, 0.2) is 48.5 Å². The average Bonchev–Trinajstić information content (AvgIpc) is 2.46. The molecule has 0 aromatic heterocycles. The topological polar surface area (TPSA) is 9.23 Å².